The molecular formula is C18H21F3N2O2. The fourth-order valence-corrected chi connectivity index (χ4v) is 3.23. The van der Waals surface area contributed by atoms with E-state index < -0.39 is 17.7 Å². The van der Waals surface area contributed by atoms with Crippen molar-refractivity contribution < 1.29 is 22.8 Å². The molecule has 1 aliphatic carbocycles. The van der Waals surface area contributed by atoms with E-state index in [0.717, 1.165) is 38.1 Å². The zero-order valence-electron chi connectivity index (χ0n) is 14.0. The van der Waals surface area contributed by atoms with E-state index in [1.54, 1.807) is 0 Å². The van der Waals surface area contributed by atoms with Crippen LogP contribution < -0.4 is 5.32 Å². The summed E-state index contributed by atoms with van der Waals surface area (Å²) in [6, 6.07) is 4.53. The van der Waals surface area contributed by atoms with Crippen LogP contribution in [0.3, 0.4) is 0 Å². The Balaban J connectivity index is 1.56. The topological polar surface area (TPSA) is 49.4 Å². The highest BCUT2D eigenvalue weighted by atomic mass is 19.4. The summed E-state index contributed by atoms with van der Waals surface area (Å²) >= 11 is 0. The van der Waals surface area contributed by atoms with Gasteiger partial charge >= 0.3 is 6.18 Å². The Labute approximate surface area is 144 Å². The number of carbonyl (C=O) groups excluding carboxylic acids is 2. The molecule has 2 amide bonds. The highest BCUT2D eigenvalue weighted by Gasteiger charge is 2.49. The second kappa shape index (κ2) is 6.69. The van der Waals surface area contributed by atoms with Gasteiger partial charge in [0.15, 0.2) is 0 Å². The van der Waals surface area contributed by atoms with Gasteiger partial charge in [0, 0.05) is 18.8 Å². The molecule has 1 aliphatic heterocycles. The van der Waals surface area contributed by atoms with Gasteiger partial charge in [0.25, 0.3) is 0 Å². The van der Waals surface area contributed by atoms with Crippen LogP contribution in [0.25, 0.3) is 0 Å². The molecule has 2 unspecified atom stereocenters. The van der Waals surface area contributed by atoms with Gasteiger partial charge < -0.3 is 10.2 Å². The SMILES string of the molecule is CC1CCN(C(=O)C2CC2C(=O)Nc2cccc(C(F)(F)F)c2)CC1. The zero-order chi connectivity index (χ0) is 18.2. The number of nitrogens with one attached hydrogen (secondary N) is 1. The number of amides is 2. The van der Waals surface area contributed by atoms with Gasteiger partial charge in [0.1, 0.15) is 0 Å². The summed E-state index contributed by atoms with van der Waals surface area (Å²) in [5.74, 6) is -0.553. The molecule has 2 fully saturated rings. The van der Waals surface area contributed by atoms with Gasteiger partial charge in [-0.2, -0.15) is 13.2 Å². The number of nitrogens with zero attached hydrogens (tertiary/aromatic N) is 1. The van der Waals surface area contributed by atoms with Gasteiger partial charge in [-0.15, -0.1) is 0 Å². The molecule has 1 aromatic carbocycles. The Morgan fingerprint density at radius 2 is 1.84 bits per heavy atom. The van der Waals surface area contributed by atoms with Crippen LogP contribution in [0.4, 0.5) is 18.9 Å². The van der Waals surface area contributed by atoms with Crippen LogP contribution in [-0.2, 0) is 15.8 Å². The summed E-state index contributed by atoms with van der Waals surface area (Å²) in [5.41, 5.74) is -0.708. The Morgan fingerprint density at radius 1 is 1.16 bits per heavy atom. The molecule has 0 bridgehead atoms. The quantitative estimate of drug-likeness (QED) is 0.903. The Morgan fingerprint density at radius 3 is 2.48 bits per heavy atom. The van der Waals surface area contributed by atoms with Crippen LogP contribution in [0.5, 0.6) is 0 Å². The molecule has 2 aliphatic rings. The Bertz CT molecular complexity index is 667. The Kier molecular flexibility index (Phi) is 4.75. The zero-order valence-corrected chi connectivity index (χ0v) is 14.0. The van der Waals surface area contributed by atoms with E-state index in [9.17, 15) is 22.8 Å². The molecule has 3 rings (SSSR count). The van der Waals surface area contributed by atoms with Gasteiger partial charge in [0.2, 0.25) is 11.8 Å². The minimum Gasteiger partial charge on any atom is -0.342 e. The molecular weight excluding hydrogens is 333 g/mol. The number of likely N-dealkylation sites (tertiary alicyclic amines) is 1. The summed E-state index contributed by atoms with van der Waals surface area (Å²) in [4.78, 5) is 26.4. The fourth-order valence-electron chi connectivity index (χ4n) is 3.23. The molecule has 0 radical (unpaired) electrons. The van der Waals surface area contributed by atoms with Crippen molar-refractivity contribution in [1.29, 1.82) is 0 Å². The number of hydrogen-bond acceptors (Lipinski definition) is 2. The summed E-state index contributed by atoms with van der Waals surface area (Å²) in [6.07, 6.45) is -2.04. The van der Waals surface area contributed by atoms with Crippen molar-refractivity contribution in [1.82, 2.24) is 4.90 Å². The van der Waals surface area contributed by atoms with Crippen molar-refractivity contribution in [3.8, 4) is 0 Å². The first-order chi connectivity index (χ1) is 11.8. The van der Waals surface area contributed by atoms with E-state index in [-0.39, 0.29) is 23.4 Å². The van der Waals surface area contributed by atoms with Crippen LogP contribution in [0, 0.1) is 17.8 Å². The highest BCUT2D eigenvalue weighted by Crippen LogP contribution is 2.41. The monoisotopic (exact) mass is 354 g/mol. The Hall–Kier alpha value is -2.05. The van der Waals surface area contributed by atoms with Crippen LogP contribution >= 0.6 is 0 Å². The van der Waals surface area contributed by atoms with Crippen molar-refractivity contribution in [3.05, 3.63) is 29.8 Å². The summed E-state index contributed by atoms with van der Waals surface area (Å²) in [5, 5.41) is 2.50. The van der Waals surface area contributed by atoms with Crippen LogP contribution in [0.2, 0.25) is 0 Å². The second-order valence-electron chi connectivity index (χ2n) is 7.02. The smallest absolute Gasteiger partial charge is 0.342 e. The van der Waals surface area contributed by atoms with Crippen LogP contribution in [0.15, 0.2) is 24.3 Å². The van der Waals surface area contributed by atoms with Crippen LogP contribution in [-0.4, -0.2) is 29.8 Å². The minimum atomic E-state index is -4.45. The van der Waals surface area contributed by atoms with E-state index in [2.05, 4.69) is 12.2 Å². The number of carbonyl (C=O) groups is 2. The van der Waals surface area contributed by atoms with Gasteiger partial charge in [-0.05, 0) is 43.4 Å². The highest BCUT2D eigenvalue weighted by molar-refractivity contribution is 5.99. The van der Waals surface area contributed by atoms with Crippen molar-refractivity contribution in [2.75, 3.05) is 18.4 Å². The molecule has 4 nitrogen and oxygen atoms in total. The molecule has 1 N–H and O–H groups in total. The maximum atomic E-state index is 12.7. The number of rotatable bonds is 3. The van der Waals surface area contributed by atoms with Crippen molar-refractivity contribution in [2.45, 2.75) is 32.4 Å². The van der Waals surface area contributed by atoms with E-state index in [1.807, 2.05) is 4.90 Å². The maximum absolute atomic E-state index is 12.7. The number of halogens is 3. The molecule has 2 atom stereocenters. The first-order valence-electron chi connectivity index (χ1n) is 8.52. The third-order valence-corrected chi connectivity index (χ3v) is 5.00. The summed E-state index contributed by atoms with van der Waals surface area (Å²) in [7, 11) is 0. The summed E-state index contributed by atoms with van der Waals surface area (Å²) < 4.78 is 38.1. The van der Waals surface area contributed by atoms with E-state index in [4.69, 9.17) is 0 Å². The first-order valence-corrected chi connectivity index (χ1v) is 8.52. The summed E-state index contributed by atoms with van der Waals surface area (Å²) in [6.45, 7) is 3.60. The van der Waals surface area contributed by atoms with Gasteiger partial charge in [-0.3, -0.25) is 9.59 Å². The second-order valence-corrected chi connectivity index (χ2v) is 7.02. The van der Waals surface area contributed by atoms with Crippen molar-refractivity contribution >= 4 is 17.5 Å². The van der Waals surface area contributed by atoms with Crippen molar-refractivity contribution in [3.63, 3.8) is 0 Å². The standard InChI is InChI=1S/C18H21F3N2O2/c1-11-5-7-23(8-6-11)17(25)15-10-14(15)16(24)22-13-4-2-3-12(9-13)18(19,20)21/h2-4,9,11,14-15H,5-8,10H2,1H3,(H,22,24). The molecule has 136 valence electrons. The van der Waals surface area contributed by atoms with Gasteiger partial charge in [-0.25, -0.2) is 0 Å². The number of hydrogen-bond donors (Lipinski definition) is 1. The third kappa shape index (κ3) is 4.14. The molecule has 1 saturated carbocycles. The van der Waals surface area contributed by atoms with E-state index in [1.165, 1.54) is 12.1 Å². The van der Waals surface area contributed by atoms with Gasteiger partial charge in [-0.1, -0.05) is 13.0 Å². The molecule has 0 aromatic heterocycles. The molecule has 1 saturated heterocycles. The average molecular weight is 354 g/mol. The minimum absolute atomic E-state index is 0.00362. The normalized spacial score (nSPS) is 24.1. The third-order valence-electron chi connectivity index (χ3n) is 5.00. The maximum Gasteiger partial charge on any atom is 0.416 e. The lowest BCUT2D eigenvalue weighted by molar-refractivity contribution is -0.137. The number of piperidine rings is 1. The lowest BCUT2D eigenvalue weighted by atomic mass is 9.99. The van der Waals surface area contributed by atoms with Crippen molar-refractivity contribution in [2.24, 2.45) is 17.8 Å². The lowest BCUT2D eigenvalue weighted by Gasteiger charge is -2.30. The molecule has 25 heavy (non-hydrogen) atoms. The fraction of sp³-hybridized carbons (Fsp3) is 0.556. The number of benzene rings is 1. The van der Waals surface area contributed by atoms with Gasteiger partial charge in [0.05, 0.1) is 17.4 Å². The number of anilines is 1. The average Bonchev–Trinajstić information content (AvgIpc) is 3.35. The predicted octanol–water partition coefficient (Wildman–Crippen LogP) is 3.54. The molecule has 1 aromatic rings. The molecule has 1 heterocycles. The van der Waals surface area contributed by atoms with Crippen LogP contribution in [0.1, 0.15) is 31.7 Å². The lowest BCUT2D eigenvalue weighted by Crippen LogP contribution is -2.39. The molecule has 7 heteroatoms. The van der Waals surface area contributed by atoms with E-state index in [0.29, 0.717) is 12.3 Å². The largest absolute Gasteiger partial charge is 0.416 e. The van der Waals surface area contributed by atoms with E-state index >= 15 is 0 Å². The predicted molar refractivity (Wildman–Crippen MR) is 86.6 cm³/mol. The number of alkyl halides is 3. The molecule has 0 spiro atoms. The first kappa shape index (κ1) is 17.8.